The smallest absolute Gasteiger partial charge is 0.223 e. The van der Waals surface area contributed by atoms with Crippen molar-refractivity contribution in [2.75, 3.05) is 25.0 Å². The number of likely N-dealkylation sites (tertiary alicyclic amines) is 1. The van der Waals surface area contributed by atoms with Crippen molar-refractivity contribution in [2.24, 2.45) is 5.92 Å². The molecule has 0 radical (unpaired) electrons. The quantitative estimate of drug-likeness (QED) is 0.844. The fraction of sp³-hybridized carbons (Fsp3) is 0.625. The third kappa shape index (κ3) is 2.89. The zero-order valence-corrected chi connectivity index (χ0v) is 12.9. The molecule has 2 heterocycles. The number of nitriles is 1. The average molecular weight is 299 g/mol. The van der Waals surface area contributed by atoms with Crippen molar-refractivity contribution in [1.29, 1.82) is 5.26 Å². The molecule has 2 aliphatic rings. The third-order valence-corrected chi connectivity index (χ3v) is 4.68. The largest absolute Gasteiger partial charge is 0.357 e. The van der Waals surface area contributed by atoms with Crippen LogP contribution in [-0.4, -0.2) is 47.0 Å². The number of anilines is 1. The van der Waals surface area contributed by atoms with Crippen LogP contribution in [0.1, 0.15) is 37.8 Å². The normalized spacial score (nSPS) is 22.1. The molecule has 1 aromatic heterocycles. The maximum absolute atomic E-state index is 12.2. The van der Waals surface area contributed by atoms with Crippen molar-refractivity contribution in [3.8, 4) is 6.07 Å². The Balaban J connectivity index is 1.64. The summed E-state index contributed by atoms with van der Waals surface area (Å²) in [6.45, 7) is 1.55. The predicted molar refractivity (Wildman–Crippen MR) is 82.1 cm³/mol. The molecule has 1 aliphatic heterocycles. The van der Waals surface area contributed by atoms with Crippen LogP contribution in [0.25, 0.3) is 0 Å². The van der Waals surface area contributed by atoms with Crippen molar-refractivity contribution in [3.63, 3.8) is 0 Å². The molecule has 1 aromatic rings. The van der Waals surface area contributed by atoms with Gasteiger partial charge in [-0.25, -0.2) is 9.97 Å². The Morgan fingerprint density at radius 1 is 1.36 bits per heavy atom. The zero-order valence-electron chi connectivity index (χ0n) is 12.9. The van der Waals surface area contributed by atoms with Gasteiger partial charge in [-0.15, -0.1) is 0 Å². The molecule has 2 fully saturated rings. The number of hydrogen-bond acceptors (Lipinski definition) is 5. The highest BCUT2D eigenvalue weighted by molar-refractivity contribution is 5.79. The highest BCUT2D eigenvalue weighted by Crippen LogP contribution is 2.30. The molecular weight excluding hydrogens is 278 g/mol. The molecule has 0 spiro atoms. The van der Waals surface area contributed by atoms with Gasteiger partial charge in [0.05, 0.1) is 0 Å². The number of hydrogen-bond donors (Lipinski definition) is 0. The van der Waals surface area contributed by atoms with Gasteiger partial charge in [0, 0.05) is 50.9 Å². The van der Waals surface area contributed by atoms with Gasteiger partial charge in [0.25, 0.3) is 0 Å². The Morgan fingerprint density at radius 3 is 2.82 bits per heavy atom. The van der Waals surface area contributed by atoms with Crippen LogP contribution in [-0.2, 0) is 4.79 Å². The van der Waals surface area contributed by atoms with Crippen LogP contribution in [0.2, 0.25) is 0 Å². The Kier molecular flexibility index (Phi) is 4.23. The van der Waals surface area contributed by atoms with E-state index < -0.39 is 0 Å². The third-order valence-electron chi connectivity index (χ3n) is 4.68. The molecule has 0 bridgehead atoms. The molecule has 6 nitrogen and oxygen atoms in total. The summed E-state index contributed by atoms with van der Waals surface area (Å²) < 4.78 is 0. The summed E-state index contributed by atoms with van der Waals surface area (Å²) in [5, 5.41) is 9.11. The number of carbonyl (C=O) groups excluding carboxylic acids is 1. The SMILES string of the molecule is CN(C[C@@H]1CC(=O)N(C2CCCC2)C1)c1nccnc1C#N. The number of nitrogens with zero attached hydrogens (tertiary/aromatic N) is 5. The highest BCUT2D eigenvalue weighted by atomic mass is 16.2. The molecule has 3 rings (SSSR count). The van der Waals surface area contributed by atoms with Crippen LogP contribution in [0.15, 0.2) is 12.4 Å². The van der Waals surface area contributed by atoms with Gasteiger partial charge in [-0.3, -0.25) is 4.79 Å². The maximum atomic E-state index is 12.2. The summed E-state index contributed by atoms with van der Waals surface area (Å²) in [4.78, 5) is 24.6. The van der Waals surface area contributed by atoms with Gasteiger partial charge in [0.15, 0.2) is 11.5 Å². The standard InChI is InChI=1S/C16H21N5O/c1-20(16-14(9-17)18-6-7-19-16)10-12-8-15(22)21(11-12)13-4-2-3-5-13/h6-7,12-13H,2-5,8,10-11H2,1H3/t12-/m0/s1. The van der Waals surface area contributed by atoms with Gasteiger partial charge < -0.3 is 9.80 Å². The molecule has 22 heavy (non-hydrogen) atoms. The average Bonchev–Trinajstić information content (AvgIpc) is 3.16. The predicted octanol–water partition coefficient (Wildman–Crippen LogP) is 1.58. The molecule has 116 valence electrons. The lowest BCUT2D eigenvalue weighted by molar-refractivity contribution is -0.129. The molecule has 1 saturated carbocycles. The van der Waals surface area contributed by atoms with E-state index >= 15 is 0 Å². The minimum absolute atomic E-state index is 0.282. The van der Waals surface area contributed by atoms with Crippen molar-refractivity contribution in [2.45, 2.75) is 38.1 Å². The summed E-state index contributed by atoms with van der Waals surface area (Å²) in [5.74, 6) is 1.17. The van der Waals surface area contributed by atoms with Crippen molar-refractivity contribution < 1.29 is 4.79 Å². The lowest BCUT2D eigenvalue weighted by Gasteiger charge is -2.25. The summed E-state index contributed by atoms with van der Waals surface area (Å²) in [6, 6.07) is 2.52. The first kappa shape index (κ1) is 14.8. The molecule has 6 heteroatoms. The van der Waals surface area contributed by atoms with Gasteiger partial charge >= 0.3 is 0 Å². The second-order valence-corrected chi connectivity index (χ2v) is 6.28. The Morgan fingerprint density at radius 2 is 2.09 bits per heavy atom. The highest BCUT2D eigenvalue weighted by Gasteiger charge is 2.36. The topological polar surface area (TPSA) is 73.1 Å². The van der Waals surface area contributed by atoms with Crippen LogP contribution in [0.4, 0.5) is 5.82 Å². The van der Waals surface area contributed by atoms with E-state index in [4.69, 9.17) is 5.26 Å². The zero-order chi connectivity index (χ0) is 15.5. The molecule has 1 aliphatic carbocycles. The van der Waals surface area contributed by atoms with Gasteiger partial charge in [0.2, 0.25) is 5.91 Å². The second-order valence-electron chi connectivity index (χ2n) is 6.28. The maximum Gasteiger partial charge on any atom is 0.223 e. The molecule has 1 amide bonds. The number of aromatic nitrogens is 2. The van der Waals surface area contributed by atoms with Gasteiger partial charge in [-0.2, -0.15) is 5.26 Å². The number of amides is 1. The molecule has 0 N–H and O–H groups in total. The fourth-order valence-electron chi connectivity index (χ4n) is 3.66. The molecule has 1 atom stereocenters. The molecule has 0 unspecified atom stereocenters. The Hall–Kier alpha value is -2.16. The molecular formula is C16H21N5O. The van der Waals surface area contributed by atoms with Crippen LogP contribution < -0.4 is 4.90 Å². The van der Waals surface area contributed by atoms with Crippen molar-refractivity contribution >= 4 is 11.7 Å². The van der Waals surface area contributed by atoms with E-state index in [9.17, 15) is 4.79 Å². The van der Waals surface area contributed by atoms with E-state index in [1.165, 1.54) is 19.0 Å². The summed E-state index contributed by atoms with van der Waals surface area (Å²) in [7, 11) is 1.91. The minimum atomic E-state index is 0.282. The van der Waals surface area contributed by atoms with Gasteiger partial charge in [-0.05, 0) is 12.8 Å². The van der Waals surface area contributed by atoms with E-state index in [1.54, 1.807) is 6.20 Å². The van der Waals surface area contributed by atoms with E-state index in [2.05, 4.69) is 20.9 Å². The monoisotopic (exact) mass is 299 g/mol. The Labute approximate surface area is 130 Å². The fourth-order valence-corrected chi connectivity index (χ4v) is 3.66. The van der Waals surface area contributed by atoms with Crippen molar-refractivity contribution in [1.82, 2.24) is 14.9 Å². The molecule has 1 saturated heterocycles. The van der Waals surface area contributed by atoms with E-state index in [0.29, 0.717) is 29.9 Å². The second kappa shape index (κ2) is 6.30. The van der Waals surface area contributed by atoms with Crippen LogP contribution in [0, 0.1) is 17.2 Å². The van der Waals surface area contributed by atoms with E-state index in [0.717, 1.165) is 25.9 Å². The summed E-state index contributed by atoms with van der Waals surface area (Å²) >= 11 is 0. The first-order chi connectivity index (χ1) is 10.7. The lowest BCUT2D eigenvalue weighted by Crippen LogP contribution is -2.35. The van der Waals surface area contributed by atoms with Gasteiger partial charge in [0.1, 0.15) is 6.07 Å². The van der Waals surface area contributed by atoms with E-state index in [-0.39, 0.29) is 5.91 Å². The van der Waals surface area contributed by atoms with Gasteiger partial charge in [-0.1, -0.05) is 12.8 Å². The summed E-state index contributed by atoms with van der Waals surface area (Å²) in [5.41, 5.74) is 0.335. The Bertz CT molecular complexity index is 590. The molecule has 0 aromatic carbocycles. The number of rotatable bonds is 4. The first-order valence-electron chi connectivity index (χ1n) is 7.90. The van der Waals surface area contributed by atoms with Crippen molar-refractivity contribution in [3.05, 3.63) is 18.1 Å². The van der Waals surface area contributed by atoms with E-state index in [1.807, 2.05) is 11.9 Å². The minimum Gasteiger partial charge on any atom is -0.357 e. The van der Waals surface area contributed by atoms with Crippen LogP contribution >= 0.6 is 0 Å². The van der Waals surface area contributed by atoms with Crippen LogP contribution in [0.3, 0.4) is 0 Å². The lowest BCUT2D eigenvalue weighted by atomic mass is 10.1. The first-order valence-corrected chi connectivity index (χ1v) is 7.90. The summed E-state index contributed by atoms with van der Waals surface area (Å²) in [6.07, 6.45) is 8.50. The van der Waals surface area contributed by atoms with Crippen LogP contribution in [0.5, 0.6) is 0 Å². The number of carbonyl (C=O) groups is 1.